The monoisotopic (exact) mass is 403 g/mol. The summed E-state index contributed by atoms with van der Waals surface area (Å²) >= 11 is 0. The molecule has 1 heterocycles. The van der Waals surface area contributed by atoms with Gasteiger partial charge in [-0.1, -0.05) is 12.8 Å². The molecule has 9 nitrogen and oxygen atoms in total. The van der Waals surface area contributed by atoms with E-state index in [2.05, 4.69) is 10.6 Å². The van der Waals surface area contributed by atoms with Crippen LogP contribution in [0.4, 0.5) is 10.5 Å². The Labute approximate surface area is 168 Å². The third-order valence-corrected chi connectivity index (χ3v) is 5.20. The van der Waals surface area contributed by atoms with Crippen LogP contribution in [-0.4, -0.2) is 54.5 Å². The molecule has 0 radical (unpaired) electrons. The molecule has 2 N–H and O–H groups in total. The first-order valence-corrected chi connectivity index (χ1v) is 9.67. The lowest BCUT2D eigenvalue weighted by atomic mass is 9.98. The van der Waals surface area contributed by atoms with E-state index in [0.717, 1.165) is 12.8 Å². The van der Waals surface area contributed by atoms with E-state index in [1.807, 2.05) is 0 Å². The quantitative estimate of drug-likeness (QED) is 0.506. The Hall–Kier alpha value is -3.10. The van der Waals surface area contributed by atoms with Crippen LogP contribution in [0.25, 0.3) is 0 Å². The Morgan fingerprint density at radius 1 is 1.17 bits per heavy atom. The number of hydrogen-bond donors (Lipinski definition) is 2. The number of rotatable bonds is 8. The number of anilines is 1. The van der Waals surface area contributed by atoms with Crippen molar-refractivity contribution in [2.45, 2.75) is 44.1 Å². The van der Waals surface area contributed by atoms with Gasteiger partial charge in [-0.15, -0.1) is 0 Å². The number of methoxy groups -OCH3 is 1. The van der Waals surface area contributed by atoms with Crippen molar-refractivity contribution < 1.29 is 28.7 Å². The van der Waals surface area contributed by atoms with E-state index in [1.54, 1.807) is 31.4 Å². The van der Waals surface area contributed by atoms with E-state index in [9.17, 15) is 19.2 Å². The molecule has 1 saturated heterocycles. The number of carbonyl (C=O) groups excluding carboxylic acids is 4. The molecule has 2 aliphatic rings. The number of nitrogens with one attached hydrogen (secondary N) is 2. The minimum Gasteiger partial charge on any atom is -0.497 e. The van der Waals surface area contributed by atoms with E-state index in [1.165, 1.54) is 4.90 Å². The van der Waals surface area contributed by atoms with Crippen LogP contribution in [0.15, 0.2) is 24.3 Å². The molecule has 1 aliphatic carbocycles. The van der Waals surface area contributed by atoms with Crippen molar-refractivity contribution in [1.29, 1.82) is 0 Å². The van der Waals surface area contributed by atoms with Gasteiger partial charge in [0, 0.05) is 18.7 Å². The highest BCUT2D eigenvalue weighted by molar-refractivity contribution is 6.07. The lowest BCUT2D eigenvalue weighted by molar-refractivity contribution is -0.147. The van der Waals surface area contributed by atoms with E-state index in [0.29, 0.717) is 24.3 Å². The zero-order valence-electron chi connectivity index (χ0n) is 16.4. The van der Waals surface area contributed by atoms with Crippen LogP contribution in [0.3, 0.4) is 0 Å². The topological polar surface area (TPSA) is 114 Å². The van der Waals surface area contributed by atoms with Crippen LogP contribution in [0.5, 0.6) is 5.75 Å². The van der Waals surface area contributed by atoms with Gasteiger partial charge in [0.05, 0.1) is 7.11 Å². The van der Waals surface area contributed by atoms with Gasteiger partial charge in [0.2, 0.25) is 0 Å². The van der Waals surface area contributed by atoms with Gasteiger partial charge in [-0.3, -0.25) is 19.3 Å². The van der Waals surface area contributed by atoms with Crippen molar-refractivity contribution in [1.82, 2.24) is 10.2 Å². The Morgan fingerprint density at radius 3 is 2.52 bits per heavy atom. The zero-order chi connectivity index (χ0) is 20.9. The summed E-state index contributed by atoms with van der Waals surface area (Å²) in [5.41, 5.74) is -0.178. The number of ether oxygens (including phenoxy) is 2. The van der Waals surface area contributed by atoms with Crippen molar-refractivity contribution in [3.63, 3.8) is 0 Å². The molecule has 2 fully saturated rings. The lowest BCUT2D eigenvalue weighted by Crippen LogP contribution is -2.44. The number of benzene rings is 1. The molecular weight excluding hydrogens is 378 g/mol. The molecule has 1 spiro atoms. The van der Waals surface area contributed by atoms with Crippen LogP contribution in [0.2, 0.25) is 0 Å². The van der Waals surface area contributed by atoms with Gasteiger partial charge >= 0.3 is 12.0 Å². The maximum Gasteiger partial charge on any atom is 0.325 e. The molecule has 3 rings (SSSR count). The average molecular weight is 403 g/mol. The summed E-state index contributed by atoms with van der Waals surface area (Å²) in [5, 5.41) is 5.41. The number of urea groups is 1. The van der Waals surface area contributed by atoms with E-state index >= 15 is 0 Å². The number of esters is 1. The van der Waals surface area contributed by atoms with E-state index in [-0.39, 0.29) is 25.3 Å². The molecule has 1 aromatic carbocycles. The molecule has 9 heteroatoms. The standard InChI is InChI=1S/C20H25N3O6/c1-28-15-8-6-14(7-9-15)21-16(24)13-29-17(25)5-4-12-23-18(26)20(22-19(23)27)10-2-3-11-20/h6-9H,2-5,10-13H2,1H3,(H,21,24)(H,22,27). The molecule has 0 bridgehead atoms. The molecule has 1 aliphatic heterocycles. The highest BCUT2D eigenvalue weighted by Gasteiger charge is 2.52. The van der Waals surface area contributed by atoms with Gasteiger partial charge < -0.3 is 20.1 Å². The number of carbonyl (C=O) groups is 4. The molecule has 4 amide bonds. The fraction of sp³-hybridized carbons (Fsp3) is 0.500. The first-order chi connectivity index (χ1) is 13.9. The minimum absolute atomic E-state index is 0.0138. The number of nitrogens with zero attached hydrogens (tertiary/aromatic N) is 1. The fourth-order valence-corrected chi connectivity index (χ4v) is 3.67. The van der Waals surface area contributed by atoms with Gasteiger partial charge in [0.1, 0.15) is 11.3 Å². The van der Waals surface area contributed by atoms with Crippen molar-refractivity contribution in [2.24, 2.45) is 0 Å². The fourth-order valence-electron chi connectivity index (χ4n) is 3.67. The Balaban J connectivity index is 1.36. The van der Waals surface area contributed by atoms with E-state index < -0.39 is 30.1 Å². The Bertz CT molecular complexity index is 786. The van der Waals surface area contributed by atoms with Crippen LogP contribution >= 0.6 is 0 Å². The SMILES string of the molecule is COc1ccc(NC(=O)COC(=O)CCCN2C(=O)NC3(CCCC3)C2=O)cc1. The van der Waals surface area contributed by atoms with Gasteiger partial charge in [-0.2, -0.15) is 0 Å². The van der Waals surface area contributed by atoms with Crippen molar-refractivity contribution in [3.05, 3.63) is 24.3 Å². The van der Waals surface area contributed by atoms with Crippen LogP contribution in [0.1, 0.15) is 38.5 Å². The minimum atomic E-state index is -0.739. The molecule has 0 aromatic heterocycles. The average Bonchev–Trinajstić information content (AvgIpc) is 3.27. The second-order valence-corrected chi connectivity index (χ2v) is 7.22. The second kappa shape index (κ2) is 8.93. The van der Waals surface area contributed by atoms with Crippen molar-refractivity contribution in [3.8, 4) is 5.75 Å². The molecule has 1 aromatic rings. The van der Waals surface area contributed by atoms with Gasteiger partial charge in [-0.25, -0.2) is 4.79 Å². The summed E-state index contributed by atoms with van der Waals surface area (Å²) in [6.07, 6.45) is 3.47. The molecular formula is C20H25N3O6. The highest BCUT2D eigenvalue weighted by Crippen LogP contribution is 2.35. The summed E-state index contributed by atoms with van der Waals surface area (Å²) < 4.78 is 9.99. The lowest BCUT2D eigenvalue weighted by Gasteiger charge is -2.19. The first kappa shape index (κ1) is 20.6. The molecule has 0 unspecified atom stereocenters. The Kier molecular flexibility index (Phi) is 6.36. The van der Waals surface area contributed by atoms with Gasteiger partial charge in [-0.05, 0) is 43.5 Å². The Morgan fingerprint density at radius 2 is 1.86 bits per heavy atom. The van der Waals surface area contributed by atoms with Gasteiger partial charge in [0.15, 0.2) is 6.61 Å². The van der Waals surface area contributed by atoms with Crippen LogP contribution in [0, 0.1) is 0 Å². The molecule has 0 atom stereocenters. The molecule has 1 saturated carbocycles. The third kappa shape index (κ3) is 4.85. The largest absolute Gasteiger partial charge is 0.497 e. The number of hydrogen-bond acceptors (Lipinski definition) is 6. The molecule has 156 valence electrons. The van der Waals surface area contributed by atoms with Crippen LogP contribution in [-0.2, 0) is 19.1 Å². The smallest absolute Gasteiger partial charge is 0.325 e. The first-order valence-electron chi connectivity index (χ1n) is 9.67. The maximum absolute atomic E-state index is 12.5. The van der Waals surface area contributed by atoms with Crippen molar-refractivity contribution >= 4 is 29.5 Å². The molecule has 29 heavy (non-hydrogen) atoms. The summed E-state index contributed by atoms with van der Waals surface area (Å²) in [4.78, 5) is 49.5. The predicted molar refractivity (Wildman–Crippen MR) is 103 cm³/mol. The van der Waals surface area contributed by atoms with Gasteiger partial charge in [0.25, 0.3) is 11.8 Å². The number of imide groups is 1. The van der Waals surface area contributed by atoms with Crippen molar-refractivity contribution in [2.75, 3.05) is 25.6 Å². The summed E-state index contributed by atoms with van der Waals surface area (Å²) in [6, 6.07) is 6.35. The number of amides is 4. The third-order valence-electron chi connectivity index (χ3n) is 5.20. The second-order valence-electron chi connectivity index (χ2n) is 7.22. The maximum atomic E-state index is 12.5. The predicted octanol–water partition coefficient (Wildman–Crippen LogP) is 1.82. The van der Waals surface area contributed by atoms with E-state index in [4.69, 9.17) is 9.47 Å². The normalized spacial score (nSPS) is 17.3. The highest BCUT2D eigenvalue weighted by atomic mass is 16.5. The summed E-state index contributed by atoms with van der Waals surface area (Å²) in [5.74, 6) is -0.552. The summed E-state index contributed by atoms with van der Waals surface area (Å²) in [6.45, 7) is -0.253. The summed E-state index contributed by atoms with van der Waals surface area (Å²) in [7, 11) is 1.55. The van der Waals surface area contributed by atoms with Crippen LogP contribution < -0.4 is 15.4 Å². The zero-order valence-corrected chi connectivity index (χ0v) is 16.4.